The van der Waals surface area contributed by atoms with Crippen molar-refractivity contribution in [3.05, 3.63) is 23.8 Å². The minimum atomic E-state index is -0.610. The number of aliphatic hydroxyl groups is 1. The van der Waals surface area contributed by atoms with Crippen molar-refractivity contribution in [3.63, 3.8) is 0 Å². The molecule has 1 amide bonds. The van der Waals surface area contributed by atoms with Crippen LogP contribution in [0.4, 0.5) is 5.69 Å². The van der Waals surface area contributed by atoms with Crippen LogP contribution in [0, 0.1) is 0 Å². The summed E-state index contributed by atoms with van der Waals surface area (Å²) in [5.41, 5.74) is 6.93. The lowest BCUT2D eigenvalue weighted by Gasteiger charge is -2.33. The Kier molecular flexibility index (Phi) is 4.07. The van der Waals surface area contributed by atoms with Crippen molar-refractivity contribution in [2.75, 3.05) is 18.1 Å². The first-order chi connectivity index (χ1) is 9.04. The predicted octanol–water partition coefficient (Wildman–Crippen LogP) is 1.20. The topological polar surface area (TPSA) is 75.8 Å². The Labute approximate surface area is 113 Å². The summed E-state index contributed by atoms with van der Waals surface area (Å²) in [7, 11) is 0. The first kappa shape index (κ1) is 13.8. The third-order valence-corrected chi connectivity index (χ3v) is 3.20. The fourth-order valence-electron chi connectivity index (χ4n) is 2.29. The van der Waals surface area contributed by atoms with Crippen molar-refractivity contribution in [2.45, 2.75) is 32.4 Å². The van der Waals surface area contributed by atoms with E-state index in [1.165, 1.54) is 0 Å². The van der Waals surface area contributed by atoms with Crippen LogP contribution in [-0.2, 0) is 4.79 Å². The van der Waals surface area contributed by atoms with E-state index in [2.05, 4.69) is 0 Å². The summed E-state index contributed by atoms with van der Waals surface area (Å²) in [6.45, 7) is 4.39. The molecule has 0 spiro atoms. The molecule has 19 heavy (non-hydrogen) atoms. The molecular formula is C14H20N2O3. The maximum Gasteiger partial charge on any atom is 0.265 e. The van der Waals surface area contributed by atoms with Crippen LogP contribution in [0.3, 0.4) is 0 Å². The van der Waals surface area contributed by atoms with E-state index in [4.69, 9.17) is 10.5 Å². The number of aliphatic hydroxyl groups excluding tert-OH is 1. The smallest absolute Gasteiger partial charge is 0.265 e. The van der Waals surface area contributed by atoms with Gasteiger partial charge in [0.25, 0.3) is 5.91 Å². The molecule has 1 atom stereocenters. The van der Waals surface area contributed by atoms with Gasteiger partial charge in [-0.3, -0.25) is 4.79 Å². The maximum absolute atomic E-state index is 11.9. The molecular weight excluding hydrogens is 244 g/mol. The number of anilines is 1. The number of ether oxygens (including phenoxy) is 1. The predicted molar refractivity (Wildman–Crippen MR) is 73.2 cm³/mol. The second-order valence-corrected chi connectivity index (χ2v) is 4.97. The molecule has 1 aliphatic rings. The minimum Gasteiger partial charge on any atom is -0.482 e. The highest BCUT2D eigenvalue weighted by Gasteiger charge is 2.28. The van der Waals surface area contributed by atoms with Gasteiger partial charge < -0.3 is 20.5 Å². The van der Waals surface area contributed by atoms with Gasteiger partial charge in [0.05, 0.1) is 11.8 Å². The van der Waals surface area contributed by atoms with Gasteiger partial charge in [-0.15, -0.1) is 0 Å². The van der Waals surface area contributed by atoms with Crippen LogP contribution in [0.5, 0.6) is 5.75 Å². The number of hydrogen-bond acceptors (Lipinski definition) is 4. The molecule has 3 N–H and O–H groups in total. The Balaban J connectivity index is 2.38. The largest absolute Gasteiger partial charge is 0.482 e. The molecule has 0 aromatic heterocycles. The van der Waals surface area contributed by atoms with Crippen molar-refractivity contribution in [3.8, 4) is 5.75 Å². The fraction of sp³-hybridized carbons (Fsp3) is 0.500. The fourth-order valence-corrected chi connectivity index (χ4v) is 2.29. The normalized spacial score (nSPS) is 16.3. The Morgan fingerprint density at radius 1 is 1.47 bits per heavy atom. The number of nitrogens with two attached hydrogens (primary N) is 1. The van der Waals surface area contributed by atoms with Gasteiger partial charge in [-0.05, 0) is 44.5 Å². The summed E-state index contributed by atoms with van der Waals surface area (Å²) in [5, 5.41) is 9.99. The monoisotopic (exact) mass is 264 g/mol. The molecule has 0 fully saturated rings. The molecule has 104 valence electrons. The van der Waals surface area contributed by atoms with Crippen LogP contribution in [0.25, 0.3) is 0 Å². The molecule has 1 aromatic carbocycles. The molecule has 0 radical (unpaired) electrons. The van der Waals surface area contributed by atoms with Crippen molar-refractivity contribution >= 4 is 11.6 Å². The third-order valence-electron chi connectivity index (χ3n) is 3.20. The van der Waals surface area contributed by atoms with E-state index in [9.17, 15) is 9.90 Å². The number of benzene rings is 1. The average molecular weight is 264 g/mol. The van der Waals surface area contributed by atoms with E-state index in [-0.39, 0.29) is 18.6 Å². The molecule has 1 unspecified atom stereocenters. The van der Waals surface area contributed by atoms with Gasteiger partial charge >= 0.3 is 0 Å². The standard InChI is InChI=1S/C14H20N2O3/c1-9(2)16-11-7-10(12(17)5-6-15)3-4-13(11)19-8-14(16)18/h3-4,7,9,12,17H,5-6,8,15H2,1-2H3. The van der Waals surface area contributed by atoms with E-state index >= 15 is 0 Å². The van der Waals surface area contributed by atoms with Gasteiger partial charge in [-0.25, -0.2) is 0 Å². The zero-order valence-corrected chi connectivity index (χ0v) is 11.3. The number of fused-ring (bicyclic) bond motifs is 1. The second-order valence-electron chi connectivity index (χ2n) is 4.97. The Hall–Kier alpha value is -1.59. The first-order valence-corrected chi connectivity index (χ1v) is 6.51. The van der Waals surface area contributed by atoms with E-state index in [1.807, 2.05) is 26.0 Å². The van der Waals surface area contributed by atoms with Crippen LogP contribution >= 0.6 is 0 Å². The number of amides is 1. The zero-order valence-electron chi connectivity index (χ0n) is 11.3. The van der Waals surface area contributed by atoms with Gasteiger partial charge in [-0.1, -0.05) is 6.07 Å². The number of rotatable bonds is 4. The van der Waals surface area contributed by atoms with E-state index in [1.54, 1.807) is 11.0 Å². The van der Waals surface area contributed by atoms with E-state index < -0.39 is 6.10 Å². The third kappa shape index (κ3) is 2.72. The molecule has 0 saturated heterocycles. The van der Waals surface area contributed by atoms with Crippen molar-refractivity contribution in [1.29, 1.82) is 0 Å². The molecule has 1 heterocycles. The van der Waals surface area contributed by atoms with Gasteiger partial charge in [0, 0.05) is 6.04 Å². The van der Waals surface area contributed by atoms with Crippen LogP contribution in [0.15, 0.2) is 18.2 Å². The lowest BCUT2D eigenvalue weighted by atomic mass is 10.0. The molecule has 5 nitrogen and oxygen atoms in total. The molecule has 1 aromatic rings. The Morgan fingerprint density at radius 3 is 2.84 bits per heavy atom. The van der Waals surface area contributed by atoms with Crippen molar-refractivity contribution in [1.82, 2.24) is 0 Å². The van der Waals surface area contributed by atoms with Gasteiger partial charge in [0.1, 0.15) is 5.75 Å². The van der Waals surface area contributed by atoms with Crippen molar-refractivity contribution in [2.24, 2.45) is 5.73 Å². The molecule has 1 aliphatic heterocycles. The second kappa shape index (κ2) is 5.59. The van der Waals surface area contributed by atoms with Crippen molar-refractivity contribution < 1.29 is 14.6 Å². The summed E-state index contributed by atoms with van der Waals surface area (Å²) in [6.07, 6.45) is -0.115. The number of nitrogens with zero attached hydrogens (tertiary/aromatic N) is 1. The first-order valence-electron chi connectivity index (χ1n) is 6.51. The summed E-state index contributed by atoms with van der Waals surface area (Å²) in [6, 6.07) is 5.48. The van der Waals surface area contributed by atoms with Crippen LogP contribution in [-0.4, -0.2) is 30.2 Å². The zero-order chi connectivity index (χ0) is 14.0. The highest BCUT2D eigenvalue weighted by atomic mass is 16.5. The van der Waals surface area contributed by atoms with Gasteiger partial charge in [0.2, 0.25) is 0 Å². The molecule has 0 aliphatic carbocycles. The number of hydrogen-bond donors (Lipinski definition) is 2. The lowest BCUT2D eigenvalue weighted by Crippen LogP contribution is -2.43. The maximum atomic E-state index is 11.9. The quantitative estimate of drug-likeness (QED) is 0.857. The van der Waals surface area contributed by atoms with Crippen LogP contribution in [0.2, 0.25) is 0 Å². The summed E-state index contributed by atoms with van der Waals surface area (Å²) in [5.74, 6) is 0.616. The summed E-state index contributed by atoms with van der Waals surface area (Å²) < 4.78 is 5.41. The molecule has 5 heteroatoms. The SMILES string of the molecule is CC(C)N1C(=O)COc2ccc(C(O)CCN)cc21. The van der Waals surface area contributed by atoms with Gasteiger partial charge in [-0.2, -0.15) is 0 Å². The highest BCUT2D eigenvalue weighted by Crippen LogP contribution is 2.36. The molecule has 0 saturated carbocycles. The Bertz CT molecular complexity index is 474. The van der Waals surface area contributed by atoms with E-state index in [0.29, 0.717) is 18.7 Å². The number of carbonyl (C=O) groups is 1. The average Bonchev–Trinajstić information content (AvgIpc) is 2.37. The van der Waals surface area contributed by atoms with Crippen LogP contribution in [0.1, 0.15) is 31.9 Å². The lowest BCUT2D eigenvalue weighted by molar-refractivity contribution is -0.121. The Morgan fingerprint density at radius 2 is 2.21 bits per heavy atom. The molecule has 2 rings (SSSR count). The summed E-state index contributed by atoms with van der Waals surface area (Å²) in [4.78, 5) is 13.6. The number of carbonyl (C=O) groups excluding carboxylic acids is 1. The van der Waals surface area contributed by atoms with Crippen LogP contribution < -0.4 is 15.4 Å². The van der Waals surface area contributed by atoms with Gasteiger partial charge in [0.15, 0.2) is 6.61 Å². The van der Waals surface area contributed by atoms with E-state index in [0.717, 1.165) is 11.3 Å². The minimum absolute atomic E-state index is 0.0528. The highest BCUT2D eigenvalue weighted by molar-refractivity contribution is 5.98. The summed E-state index contributed by atoms with van der Waals surface area (Å²) >= 11 is 0. The molecule has 0 bridgehead atoms.